The summed E-state index contributed by atoms with van der Waals surface area (Å²) in [6, 6.07) is -0.0211. The minimum atomic E-state index is -1.43. The number of hydrogen-bond donors (Lipinski definition) is 12. The Labute approximate surface area is 426 Å². The Balaban J connectivity index is 2.63. The summed E-state index contributed by atoms with van der Waals surface area (Å²) in [5, 5.41) is 32.1. The number of benzene rings is 1. The zero-order valence-corrected chi connectivity index (χ0v) is 43.5. The molecule has 0 spiro atoms. The van der Waals surface area contributed by atoms with Gasteiger partial charge in [0, 0.05) is 25.3 Å². The Morgan fingerprint density at radius 2 is 1.24 bits per heavy atom. The number of hydrogen-bond acceptors (Lipinski definition) is 13. The predicted octanol–water partition coefficient (Wildman–Crippen LogP) is -0.0120. The summed E-state index contributed by atoms with van der Waals surface area (Å²) in [4.78, 5) is 125. The highest BCUT2D eigenvalue weighted by Crippen LogP contribution is 2.18. The van der Waals surface area contributed by atoms with Gasteiger partial charge in [-0.1, -0.05) is 97.1 Å². The third-order valence-electron chi connectivity index (χ3n) is 12.4. The van der Waals surface area contributed by atoms with E-state index in [0.29, 0.717) is 12.0 Å². The van der Waals surface area contributed by atoms with Gasteiger partial charge in [-0.2, -0.15) is 0 Å². The topological polar surface area (TPSA) is 348 Å². The molecule has 72 heavy (non-hydrogen) atoms. The van der Waals surface area contributed by atoms with Gasteiger partial charge < -0.3 is 64.8 Å². The maximum atomic E-state index is 14.3. The van der Waals surface area contributed by atoms with Gasteiger partial charge in [0.1, 0.15) is 36.3 Å². The van der Waals surface area contributed by atoms with E-state index in [1.54, 1.807) is 30.3 Å². The minimum Gasteiger partial charge on any atom is -0.393 e. The van der Waals surface area contributed by atoms with Gasteiger partial charge in [0.05, 0.1) is 18.6 Å². The second-order valence-electron chi connectivity index (χ2n) is 19.8. The number of amides is 8. The number of carbonyl (C=O) groups excluding carboxylic acids is 9. The van der Waals surface area contributed by atoms with Crippen LogP contribution >= 0.6 is 0 Å². The van der Waals surface area contributed by atoms with Crippen LogP contribution in [0.1, 0.15) is 137 Å². The minimum absolute atomic E-state index is 0.00659. The lowest BCUT2D eigenvalue weighted by atomic mass is 9.90. The van der Waals surface area contributed by atoms with Crippen LogP contribution in [0.5, 0.6) is 0 Å². The highest BCUT2D eigenvalue weighted by Gasteiger charge is 2.35. The molecule has 0 aromatic heterocycles. The molecule has 21 heteroatoms. The molecule has 1 aliphatic rings. The summed E-state index contributed by atoms with van der Waals surface area (Å²) in [6.07, 6.45) is 3.73. The lowest BCUT2D eigenvalue weighted by Gasteiger charge is -2.28. The molecule has 8 amide bonds. The molecule has 1 aromatic carbocycles. The molecule has 21 nitrogen and oxygen atoms in total. The number of nitrogens with one attached hydrogen (secondary N) is 8. The summed E-state index contributed by atoms with van der Waals surface area (Å²) in [5.41, 5.74) is 18.3. The molecule has 1 saturated heterocycles. The quantitative estimate of drug-likeness (QED) is 0.0643. The average Bonchev–Trinajstić information content (AvgIpc) is 3.31. The molecule has 9 atom stereocenters. The highest BCUT2D eigenvalue weighted by atomic mass is 16.3. The van der Waals surface area contributed by atoms with Gasteiger partial charge in [-0.3, -0.25) is 43.2 Å². The van der Waals surface area contributed by atoms with Crippen molar-refractivity contribution >= 4 is 53.0 Å². The van der Waals surface area contributed by atoms with Crippen LogP contribution in [0.2, 0.25) is 0 Å². The number of nitrogens with two attached hydrogens (primary N) is 3. The fourth-order valence-electron chi connectivity index (χ4n) is 8.40. The summed E-state index contributed by atoms with van der Waals surface area (Å²) in [6.45, 7) is 10.7. The van der Waals surface area contributed by atoms with Gasteiger partial charge in [0.2, 0.25) is 47.3 Å². The normalized spacial score (nSPS) is 23.4. The molecular formula is C51H87N11O10. The SMILES string of the molecule is CCCCCCC[C@@H](O)CC(=O)N[C@H](CCN)C(=O)N[C@H]1CCNC(=O)[C@H](CC(C)C)CC(=O)[C@H](C)NC(=O)[C@H](CCN)NC(=O)[C@H](CC(C)C)NC(=O)[C@@H](Cc2ccccc2)NC(=O)[C@H](CCN)NC1=O. The van der Waals surface area contributed by atoms with E-state index < -0.39 is 107 Å². The summed E-state index contributed by atoms with van der Waals surface area (Å²) in [7, 11) is 0. The van der Waals surface area contributed by atoms with Crippen LogP contribution in [-0.2, 0) is 49.6 Å². The number of ketones is 1. The Morgan fingerprint density at radius 3 is 1.83 bits per heavy atom. The van der Waals surface area contributed by atoms with Crippen LogP contribution in [-0.4, -0.2) is 133 Å². The molecule has 406 valence electrons. The van der Waals surface area contributed by atoms with Gasteiger partial charge in [-0.25, -0.2) is 0 Å². The van der Waals surface area contributed by atoms with Gasteiger partial charge in [-0.15, -0.1) is 0 Å². The van der Waals surface area contributed by atoms with Gasteiger partial charge in [0.25, 0.3) is 0 Å². The van der Waals surface area contributed by atoms with E-state index in [2.05, 4.69) is 49.5 Å². The molecule has 0 bridgehead atoms. The van der Waals surface area contributed by atoms with E-state index in [9.17, 15) is 48.3 Å². The molecule has 0 aliphatic carbocycles. The molecule has 15 N–H and O–H groups in total. The molecular weight excluding hydrogens is 927 g/mol. The van der Waals surface area contributed by atoms with E-state index >= 15 is 0 Å². The molecule has 2 rings (SSSR count). The van der Waals surface area contributed by atoms with Crippen LogP contribution in [0.25, 0.3) is 0 Å². The lowest BCUT2D eigenvalue weighted by Crippen LogP contribution is -2.60. The Kier molecular flexibility index (Phi) is 29.6. The van der Waals surface area contributed by atoms with Gasteiger partial charge in [0.15, 0.2) is 5.78 Å². The maximum absolute atomic E-state index is 14.3. The zero-order valence-electron chi connectivity index (χ0n) is 43.5. The Morgan fingerprint density at radius 1 is 0.681 bits per heavy atom. The highest BCUT2D eigenvalue weighted by molar-refractivity contribution is 5.98. The Hall–Kier alpha value is -5.51. The third-order valence-corrected chi connectivity index (χ3v) is 12.4. The van der Waals surface area contributed by atoms with Crippen molar-refractivity contribution in [3.05, 3.63) is 35.9 Å². The summed E-state index contributed by atoms with van der Waals surface area (Å²) >= 11 is 0. The fourth-order valence-corrected chi connectivity index (χ4v) is 8.40. The van der Waals surface area contributed by atoms with E-state index in [4.69, 9.17) is 17.2 Å². The first-order chi connectivity index (χ1) is 34.2. The van der Waals surface area contributed by atoms with Crippen molar-refractivity contribution in [2.24, 2.45) is 35.0 Å². The average molecular weight is 1010 g/mol. The first-order valence-corrected chi connectivity index (χ1v) is 26.0. The summed E-state index contributed by atoms with van der Waals surface area (Å²) in [5.74, 6) is -7.23. The second kappa shape index (κ2) is 34.0. The van der Waals surface area contributed by atoms with Crippen molar-refractivity contribution in [3.8, 4) is 0 Å². The monoisotopic (exact) mass is 1010 g/mol. The first-order valence-electron chi connectivity index (χ1n) is 26.0. The van der Waals surface area contributed by atoms with Crippen LogP contribution in [0.15, 0.2) is 30.3 Å². The van der Waals surface area contributed by atoms with E-state index in [0.717, 1.165) is 32.1 Å². The number of aliphatic hydroxyl groups excluding tert-OH is 1. The fraction of sp³-hybridized carbons (Fsp3) is 0.706. The number of Topliss-reactive ketones (excluding diaryl/α,β-unsaturated/α-hetero) is 1. The Bertz CT molecular complexity index is 1890. The summed E-state index contributed by atoms with van der Waals surface area (Å²) < 4.78 is 0. The van der Waals surface area contributed by atoms with E-state index in [-0.39, 0.29) is 95.8 Å². The zero-order chi connectivity index (χ0) is 53.8. The first kappa shape index (κ1) is 62.6. The number of carbonyl (C=O) groups is 9. The number of rotatable bonds is 23. The molecule has 1 aromatic rings. The van der Waals surface area contributed by atoms with Gasteiger partial charge >= 0.3 is 0 Å². The van der Waals surface area contributed by atoms with E-state index in [1.807, 2.05) is 27.7 Å². The largest absolute Gasteiger partial charge is 0.393 e. The molecule has 1 fully saturated rings. The standard InChI is InChI=1S/C51H87N11O10/c1-7-8-9-10-14-17-36(63)30-44(65)57-37(18-22-52)47(68)60-40-21-25-55-45(66)35(26-31(2)3)29-43(64)33(6)56-46(67)38(19-23-53)59-50(71)41(27-32(4)5)61-51(72)42(28-34-15-12-11-13-16-34)62-48(69)39(20-24-54)58-49(40)70/h11-13,15-16,31-33,35-42,63H,7-10,14,17-30,52-54H2,1-6H3,(H,55,66)(H,56,67)(H,57,65)(H,58,70)(H,59,71)(H,60,68)(H,61,72)(H,62,69)/t33-,35+,36+,37+,38-,39-,40-,41-,42+/m0/s1. The molecule has 0 saturated carbocycles. The molecule has 0 unspecified atom stereocenters. The third kappa shape index (κ3) is 23.8. The van der Waals surface area contributed by atoms with E-state index in [1.165, 1.54) is 6.92 Å². The van der Waals surface area contributed by atoms with Crippen LogP contribution in [0.4, 0.5) is 0 Å². The van der Waals surface area contributed by atoms with Crippen LogP contribution in [0, 0.1) is 17.8 Å². The predicted molar refractivity (Wildman–Crippen MR) is 274 cm³/mol. The van der Waals surface area contributed by atoms with Crippen molar-refractivity contribution in [2.75, 3.05) is 26.2 Å². The van der Waals surface area contributed by atoms with Crippen molar-refractivity contribution in [3.63, 3.8) is 0 Å². The number of unbranched alkanes of at least 4 members (excludes halogenated alkanes) is 4. The second-order valence-corrected chi connectivity index (χ2v) is 19.8. The van der Waals surface area contributed by atoms with Crippen molar-refractivity contribution < 1.29 is 48.3 Å². The van der Waals surface area contributed by atoms with Crippen molar-refractivity contribution in [2.45, 2.75) is 186 Å². The van der Waals surface area contributed by atoms with Crippen molar-refractivity contribution in [1.82, 2.24) is 42.5 Å². The molecule has 1 heterocycles. The van der Waals surface area contributed by atoms with Crippen LogP contribution in [0.3, 0.4) is 0 Å². The van der Waals surface area contributed by atoms with Crippen LogP contribution < -0.4 is 59.7 Å². The lowest BCUT2D eigenvalue weighted by molar-refractivity contribution is -0.136. The number of aliphatic hydroxyl groups is 1. The van der Waals surface area contributed by atoms with Crippen molar-refractivity contribution in [1.29, 1.82) is 0 Å². The smallest absolute Gasteiger partial charge is 0.243 e. The molecule has 1 aliphatic heterocycles. The maximum Gasteiger partial charge on any atom is 0.243 e. The van der Waals surface area contributed by atoms with Gasteiger partial charge in [-0.05, 0) is 88.9 Å². The molecule has 0 radical (unpaired) electrons.